The van der Waals surface area contributed by atoms with Crippen molar-refractivity contribution < 1.29 is 60.8 Å². The second-order valence-corrected chi connectivity index (χ2v) is 3.95. The van der Waals surface area contributed by atoms with Crippen LogP contribution >= 0.6 is 0 Å². The summed E-state index contributed by atoms with van der Waals surface area (Å²) >= 11 is 0. The number of ether oxygens (including phenoxy) is 1. The zero-order valence-electron chi connectivity index (χ0n) is 8.12. The van der Waals surface area contributed by atoms with Crippen molar-refractivity contribution in [3.8, 4) is 0 Å². The van der Waals surface area contributed by atoms with E-state index in [2.05, 4.69) is 11.3 Å². The Bertz CT molecular complexity index is 351. The Balaban J connectivity index is 0. The topological polar surface area (TPSA) is 83.5 Å². The third-order valence-corrected chi connectivity index (χ3v) is 1.93. The van der Waals surface area contributed by atoms with E-state index in [4.69, 9.17) is 0 Å². The summed E-state index contributed by atoms with van der Waals surface area (Å²) in [6, 6.07) is 0. The third kappa shape index (κ3) is 5.57. The van der Waals surface area contributed by atoms with Gasteiger partial charge in [-0.15, -0.1) is 0 Å². The molecule has 0 heterocycles. The van der Waals surface area contributed by atoms with Crippen LogP contribution < -0.4 is 29.6 Å². The van der Waals surface area contributed by atoms with E-state index in [0.717, 1.165) is 0 Å². The zero-order valence-corrected chi connectivity index (χ0v) is 10.9. The number of hydrogen-bond acceptors (Lipinski definition) is 5. The largest absolute Gasteiger partial charge is 1.00 e. The van der Waals surface area contributed by atoms with Gasteiger partial charge in [0.1, 0.15) is 0 Å². The van der Waals surface area contributed by atoms with Gasteiger partial charge in [0, 0.05) is 5.57 Å². The van der Waals surface area contributed by atoms with Gasteiger partial charge in [0.15, 0.2) is 16.7 Å². The molecule has 0 aromatic carbocycles. The second kappa shape index (κ2) is 5.90. The molecule has 0 bridgehead atoms. The summed E-state index contributed by atoms with van der Waals surface area (Å²) in [5.41, 5.74) is -0.177. The maximum Gasteiger partial charge on any atom is 1.00 e. The first-order chi connectivity index (χ1) is 6.08. The molecule has 0 aromatic heterocycles. The maximum absolute atomic E-state index is 12.3. The second-order valence-electron chi connectivity index (χ2n) is 2.45. The summed E-state index contributed by atoms with van der Waals surface area (Å²) in [6.07, 6.45) is 0. The van der Waals surface area contributed by atoms with Gasteiger partial charge in [-0.2, -0.15) is 8.78 Å². The average molecular weight is 252 g/mol. The molecule has 0 amide bonds. The van der Waals surface area contributed by atoms with Crippen LogP contribution in [0, 0.1) is 0 Å². The molecule has 0 unspecified atom stereocenters. The Labute approximate surface area is 108 Å². The van der Waals surface area contributed by atoms with E-state index < -0.39 is 27.9 Å². The van der Waals surface area contributed by atoms with E-state index in [0.29, 0.717) is 0 Å². The first-order valence-corrected chi connectivity index (χ1v) is 4.64. The van der Waals surface area contributed by atoms with Gasteiger partial charge in [-0.3, -0.25) is 0 Å². The van der Waals surface area contributed by atoms with Crippen LogP contribution in [0.1, 0.15) is 6.92 Å². The predicted octanol–water partition coefficient (Wildman–Crippen LogP) is -2.75. The van der Waals surface area contributed by atoms with Gasteiger partial charge in [0.2, 0.25) is 0 Å². The summed E-state index contributed by atoms with van der Waals surface area (Å²) in [7, 11) is -5.81. The molecule has 0 aliphatic rings. The fraction of sp³-hybridized carbons (Fsp3) is 0.500. The molecule has 0 spiro atoms. The molecule has 15 heavy (non-hydrogen) atoms. The van der Waals surface area contributed by atoms with Crippen molar-refractivity contribution in [2.75, 3.05) is 6.61 Å². The van der Waals surface area contributed by atoms with E-state index in [9.17, 15) is 26.5 Å². The Kier molecular flexibility index (Phi) is 6.84. The molecule has 0 saturated carbocycles. The molecule has 0 aromatic rings. The first-order valence-electron chi connectivity index (χ1n) is 3.24. The average Bonchev–Trinajstić information content (AvgIpc) is 1.97. The Morgan fingerprint density at radius 1 is 1.53 bits per heavy atom. The fourth-order valence-corrected chi connectivity index (χ4v) is 0.548. The summed E-state index contributed by atoms with van der Waals surface area (Å²) in [6.45, 7) is 2.46. The number of carbonyl (C=O) groups excluding carboxylic acids is 1. The molecular weight excluding hydrogens is 245 g/mol. The van der Waals surface area contributed by atoms with E-state index in [1.54, 1.807) is 0 Å². The normalized spacial score (nSPS) is 11.5. The van der Waals surface area contributed by atoms with E-state index in [-0.39, 0.29) is 35.1 Å². The molecule has 0 saturated heterocycles. The number of rotatable bonds is 4. The molecule has 0 aliphatic heterocycles. The van der Waals surface area contributed by atoms with Crippen molar-refractivity contribution in [1.82, 2.24) is 0 Å². The monoisotopic (exact) mass is 252 g/mol. The Morgan fingerprint density at radius 3 is 2.20 bits per heavy atom. The molecule has 9 heteroatoms. The first kappa shape index (κ1) is 17.4. The molecule has 82 valence electrons. The minimum absolute atomic E-state index is 0. The van der Waals surface area contributed by atoms with Gasteiger partial charge in [-0.05, 0) is 6.92 Å². The van der Waals surface area contributed by atoms with Gasteiger partial charge in [-0.1, -0.05) is 6.58 Å². The SMILES string of the molecule is C=C(C)C(=O)OCC(F)(F)S(=O)(=O)[O-].[Na+]. The van der Waals surface area contributed by atoms with Crippen molar-refractivity contribution in [3.63, 3.8) is 0 Å². The van der Waals surface area contributed by atoms with E-state index >= 15 is 0 Å². The fourth-order valence-electron chi connectivity index (χ4n) is 0.345. The van der Waals surface area contributed by atoms with Crippen molar-refractivity contribution >= 4 is 16.1 Å². The molecular formula is C6H7F2NaO5S. The van der Waals surface area contributed by atoms with Gasteiger partial charge in [-0.25, -0.2) is 13.2 Å². The van der Waals surface area contributed by atoms with Crippen LogP contribution in [0.4, 0.5) is 8.78 Å². The number of carbonyl (C=O) groups is 1. The Hall–Kier alpha value is -0.0200. The quantitative estimate of drug-likeness (QED) is 0.234. The summed E-state index contributed by atoms with van der Waals surface area (Å²) in [4.78, 5) is 10.6. The molecule has 0 N–H and O–H groups in total. The molecule has 0 atom stereocenters. The number of halogens is 2. The third-order valence-electron chi connectivity index (χ3n) is 1.09. The van der Waals surface area contributed by atoms with Crippen molar-refractivity contribution in [3.05, 3.63) is 12.2 Å². The summed E-state index contributed by atoms with van der Waals surface area (Å²) in [5, 5.41) is -4.61. The predicted molar refractivity (Wildman–Crippen MR) is 40.4 cm³/mol. The zero-order chi connectivity index (χ0) is 11.6. The minimum atomic E-state index is -5.81. The number of alkyl halides is 2. The number of hydrogen-bond donors (Lipinski definition) is 0. The van der Waals surface area contributed by atoms with E-state index in [1.807, 2.05) is 0 Å². The standard InChI is InChI=1S/C6H8F2O5S.Na/c1-4(2)5(9)13-3-6(7,8)14(10,11)12;/h1,3H2,2H3,(H,10,11,12);/q;+1/p-1. The van der Waals surface area contributed by atoms with E-state index in [1.165, 1.54) is 6.92 Å². The van der Waals surface area contributed by atoms with Gasteiger partial charge in [0.05, 0.1) is 0 Å². The van der Waals surface area contributed by atoms with Crippen LogP contribution in [0.25, 0.3) is 0 Å². The number of esters is 1. The van der Waals surface area contributed by atoms with Crippen molar-refractivity contribution in [1.29, 1.82) is 0 Å². The Morgan fingerprint density at radius 2 is 1.93 bits per heavy atom. The van der Waals surface area contributed by atoms with Crippen LogP contribution in [0.2, 0.25) is 0 Å². The minimum Gasteiger partial charge on any atom is -0.743 e. The molecule has 5 nitrogen and oxygen atoms in total. The van der Waals surface area contributed by atoms with Gasteiger partial charge < -0.3 is 9.29 Å². The van der Waals surface area contributed by atoms with Gasteiger partial charge in [0.25, 0.3) is 0 Å². The maximum atomic E-state index is 12.3. The van der Waals surface area contributed by atoms with Gasteiger partial charge >= 0.3 is 40.8 Å². The molecule has 0 fully saturated rings. The van der Waals surface area contributed by atoms with Crippen LogP contribution in [0.15, 0.2) is 12.2 Å². The summed E-state index contributed by atoms with van der Waals surface area (Å²) < 4.78 is 58.3. The van der Waals surface area contributed by atoms with Crippen LogP contribution in [-0.2, 0) is 19.6 Å². The summed E-state index contributed by atoms with van der Waals surface area (Å²) in [5.74, 6) is -1.19. The molecule has 0 rings (SSSR count). The van der Waals surface area contributed by atoms with Crippen molar-refractivity contribution in [2.24, 2.45) is 0 Å². The van der Waals surface area contributed by atoms with Crippen LogP contribution in [-0.4, -0.2) is 30.8 Å². The van der Waals surface area contributed by atoms with Crippen LogP contribution in [0.5, 0.6) is 0 Å². The van der Waals surface area contributed by atoms with Crippen LogP contribution in [0.3, 0.4) is 0 Å². The smallest absolute Gasteiger partial charge is 0.743 e. The molecule has 0 radical (unpaired) electrons. The molecule has 0 aliphatic carbocycles. The van der Waals surface area contributed by atoms with Crippen molar-refractivity contribution in [2.45, 2.75) is 12.2 Å².